The van der Waals surface area contributed by atoms with E-state index in [1.165, 1.54) is 12.1 Å². The molecule has 0 saturated carbocycles. The Labute approximate surface area is 119 Å². The summed E-state index contributed by atoms with van der Waals surface area (Å²) in [5.74, 6) is -0.321. The molecule has 1 amide bonds. The van der Waals surface area contributed by atoms with Crippen LogP contribution in [0.4, 0.5) is 5.69 Å². The molecule has 0 unspecified atom stereocenters. The van der Waals surface area contributed by atoms with E-state index in [1.807, 2.05) is 18.2 Å². The van der Waals surface area contributed by atoms with Crippen molar-refractivity contribution >= 4 is 28.8 Å². The van der Waals surface area contributed by atoms with Crippen LogP contribution in [0.2, 0.25) is 0 Å². The summed E-state index contributed by atoms with van der Waals surface area (Å²) < 4.78 is 0. The second-order valence-corrected chi connectivity index (χ2v) is 4.73. The summed E-state index contributed by atoms with van der Waals surface area (Å²) in [5, 5.41) is 13.6. The molecule has 0 spiro atoms. The maximum atomic E-state index is 12.0. The summed E-state index contributed by atoms with van der Waals surface area (Å²) in [6.07, 6.45) is 0. The number of amides is 1. The first-order valence-corrected chi connectivity index (χ1v) is 6.22. The van der Waals surface area contributed by atoms with Crippen LogP contribution in [-0.4, -0.2) is 15.8 Å². The number of nitro groups is 1. The van der Waals surface area contributed by atoms with Crippen molar-refractivity contribution in [1.82, 2.24) is 5.32 Å². The molecule has 6 heteroatoms. The van der Waals surface area contributed by atoms with Crippen LogP contribution in [0.1, 0.15) is 15.9 Å². The highest BCUT2D eigenvalue weighted by molar-refractivity contribution is 7.80. The van der Waals surface area contributed by atoms with Crippen LogP contribution in [0.3, 0.4) is 0 Å². The van der Waals surface area contributed by atoms with Gasteiger partial charge in [-0.2, -0.15) is 0 Å². The number of carbonyl (C=O) groups excluding carboxylic acids is 1. The number of nitrogens with one attached hydrogen (secondary N) is 1. The molecule has 2 aromatic rings. The molecule has 1 N–H and O–H groups in total. The summed E-state index contributed by atoms with van der Waals surface area (Å²) >= 11 is 5.05. The molecule has 1 aliphatic rings. The number of nitro benzene ring substituents is 1. The Kier molecular flexibility index (Phi) is 2.80. The zero-order valence-electron chi connectivity index (χ0n) is 10.1. The summed E-state index contributed by atoms with van der Waals surface area (Å²) in [6.45, 7) is 0. The number of rotatable bonds is 2. The summed E-state index contributed by atoms with van der Waals surface area (Å²) in [7, 11) is 0. The Morgan fingerprint density at radius 3 is 2.40 bits per heavy atom. The SMILES string of the molecule is O=C1NC(=S)c2cc([N+](=O)[O-])cc(-c3ccccc3)c21. The smallest absolute Gasteiger partial charge is 0.270 e. The second-order valence-electron chi connectivity index (χ2n) is 4.32. The topological polar surface area (TPSA) is 72.2 Å². The van der Waals surface area contributed by atoms with Gasteiger partial charge in [-0.05, 0) is 5.56 Å². The minimum absolute atomic E-state index is 0.0820. The maximum Gasteiger partial charge on any atom is 0.270 e. The average molecular weight is 284 g/mol. The van der Waals surface area contributed by atoms with Crippen LogP contribution in [-0.2, 0) is 0 Å². The molecule has 0 bridgehead atoms. The van der Waals surface area contributed by atoms with Gasteiger partial charge in [0, 0.05) is 23.3 Å². The van der Waals surface area contributed by atoms with Gasteiger partial charge < -0.3 is 5.32 Å². The molecule has 5 nitrogen and oxygen atoms in total. The first kappa shape index (κ1) is 12.4. The molecular formula is C14H8N2O3S. The standard InChI is InChI=1S/C14H8N2O3S/c17-13-12-10(8-4-2-1-3-5-8)6-9(16(18)19)7-11(12)14(20)15-13/h1-7H,(H,15,17,20). The number of non-ortho nitro benzene ring substituents is 1. The number of hydrogen-bond acceptors (Lipinski definition) is 4. The van der Waals surface area contributed by atoms with Crippen LogP contribution in [0.15, 0.2) is 42.5 Å². The first-order chi connectivity index (χ1) is 9.58. The number of thiocarbonyl (C=S) groups is 1. The largest absolute Gasteiger partial charge is 0.312 e. The molecule has 0 atom stereocenters. The van der Waals surface area contributed by atoms with Gasteiger partial charge in [0.05, 0.1) is 10.5 Å². The predicted octanol–water partition coefficient (Wildman–Crippen LogP) is 2.68. The highest BCUT2D eigenvalue weighted by Crippen LogP contribution is 2.33. The zero-order valence-corrected chi connectivity index (χ0v) is 10.9. The maximum absolute atomic E-state index is 12.0. The number of nitrogens with zero attached hydrogens (tertiary/aromatic N) is 1. The quantitative estimate of drug-likeness (QED) is 0.523. The Bertz CT molecular complexity index is 757. The summed E-state index contributed by atoms with van der Waals surface area (Å²) in [5.41, 5.74) is 1.99. The highest BCUT2D eigenvalue weighted by atomic mass is 32.1. The first-order valence-electron chi connectivity index (χ1n) is 5.81. The van der Waals surface area contributed by atoms with E-state index in [9.17, 15) is 14.9 Å². The third kappa shape index (κ3) is 1.86. The van der Waals surface area contributed by atoms with Crippen molar-refractivity contribution in [3.8, 4) is 11.1 Å². The molecule has 1 heterocycles. The molecule has 0 fully saturated rings. The van der Waals surface area contributed by atoms with Gasteiger partial charge in [0.2, 0.25) is 0 Å². The van der Waals surface area contributed by atoms with Crippen molar-refractivity contribution in [2.24, 2.45) is 0 Å². The number of benzene rings is 2. The lowest BCUT2D eigenvalue weighted by molar-refractivity contribution is -0.384. The van der Waals surface area contributed by atoms with Gasteiger partial charge in [-0.1, -0.05) is 42.5 Å². The lowest BCUT2D eigenvalue weighted by Crippen LogP contribution is -2.19. The molecule has 2 aromatic carbocycles. The highest BCUT2D eigenvalue weighted by Gasteiger charge is 2.30. The van der Waals surface area contributed by atoms with Crippen LogP contribution in [0.5, 0.6) is 0 Å². The third-order valence-corrected chi connectivity index (χ3v) is 3.44. The molecule has 0 aromatic heterocycles. The van der Waals surface area contributed by atoms with E-state index in [1.54, 1.807) is 12.1 Å². The normalized spacial score (nSPS) is 13.0. The van der Waals surface area contributed by atoms with E-state index in [0.29, 0.717) is 16.7 Å². The molecule has 0 aliphatic carbocycles. The monoisotopic (exact) mass is 284 g/mol. The Hall–Kier alpha value is -2.60. The Morgan fingerprint density at radius 1 is 1.10 bits per heavy atom. The van der Waals surface area contributed by atoms with Gasteiger partial charge in [0.1, 0.15) is 4.99 Å². The zero-order chi connectivity index (χ0) is 14.3. The Morgan fingerprint density at radius 2 is 1.75 bits per heavy atom. The fourth-order valence-electron chi connectivity index (χ4n) is 2.23. The van der Waals surface area contributed by atoms with Crippen molar-refractivity contribution in [3.63, 3.8) is 0 Å². The van der Waals surface area contributed by atoms with E-state index in [0.717, 1.165) is 5.56 Å². The fraction of sp³-hybridized carbons (Fsp3) is 0. The fourth-order valence-corrected chi connectivity index (χ4v) is 2.49. The summed E-state index contributed by atoms with van der Waals surface area (Å²) in [6, 6.07) is 11.8. The van der Waals surface area contributed by atoms with E-state index < -0.39 is 4.92 Å². The minimum Gasteiger partial charge on any atom is -0.312 e. The lowest BCUT2D eigenvalue weighted by atomic mass is 9.96. The number of carbonyl (C=O) groups is 1. The van der Waals surface area contributed by atoms with Gasteiger partial charge in [-0.3, -0.25) is 14.9 Å². The van der Waals surface area contributed by atoms with E-state index in [4.69, 9.17) is 12.2 Å². The van der Waals surface area contributed by atoms with Crippen LogP contribution >= 0.6 is 12.2 Å². The molecule has 20 heavy (non-hydrogen) atoms. The molecular weight excluding hydrogens is 276 g/mol. The molecule has 0 radical (unpaired) electrons. The van der Waals surface area contributed by atoms with Gasteiger partial charge in [-0.15, -0.1) is 0 Å². The number of fused-ring (bicyclic) bond motifs is 1. The minimum atomic E-state index is -0.488. The summed E-state index contributed by atoms with van der Waals surface area (Å²) in [4.78, 5) is 22.8. The predicted molar refractivity (Wildman–Crippen MR) is 77.7 cm³/mol. The average Bonchev–Trinajstić information content (AvgIpc) is 2.74. The number of hydrogen-bond donors (Lipinski definition) is 1. The van der Waals surface area contributed by atoms with Gasteiger partial charge in [0.15, 0.2) is 0 Å². The molecule has 98 valence electrons. The third-order valence-electron chi connectivity index (χ3n) is 3.12. The molecule has 0 saturated heterocycles. The van der Waals surface area contributed by atoms with E-state index in [2.05, 4.69) is 5.32 Å². The van der Waals surface area contributed by atoms with E-state index in [-0.39, 0.29) is 16.6 Å². The van der Waals surface area contributed by atoms with Crippen molar-refractivity contribution in [1.29, 1.82) is 0 Å². The van der Waals surface area contributed by atoms with Gasteiger partial charge in [0.25, 0.3) is 11.6 Å². The van der Waals surface area contributed by atoms with Crippen molar-refractivity contribution in [2.75, 3.05) is 0 Å². The van der Waals surface area contributed by atoms with Crippen LogP contribution in [0, 0.1) is 10.1 Å². The second kappa shape index (κ2) is 4.50. The molecule has 3 rings (SSSR count). The lowest BCUT2D eigenvalue weighted by Gasteiger charge is -2.06. The van der Waals surface area contributed by atoms with Gasteiger partial charge in [-0.25, -0.2) is 0 Å². The van der Waals surface area contributed by atoms with Crippen LogP contribution in [0.25, 0.3) is 11.1 Å². The van der Waals surface area contributed by atoms with Crippen molar-refractivity contribution in [3.05, 3.63) is 63.7 Å². The van der Waals surface area contributed by atoms with Crippen LogP contribution < -0.4 is 5.32 Å². The van der Waals surface area contributed by atoms with Gasteiger partial charge >= 0.3 is 0 Å². The van der Waals surface area contributed by atoms with E-state index >= 15 is 0 Å². The van der Waals surface area contributed by atoms with Crippen molar-refractivity contribution < 1.29 is 9.72 Å². The van der Waals surface area contributed by atoms with Crippen molar-refractivity contribution in [2.45, 2.75) is 0 Å². The molecule has 1 aliphatic heterocycles. The Balaban J connectivity index is 2.34.